The third kappa shape index (κ3) is 8.24. The van der Waals surface area contributed by atoms with Crippen LogP contribution in [0.15, 0.2) is 75.9 Å². The maximum absolute atomic E-state index is 12.8. The van der Waals surface area contributed by atoms with Gasteiger partial charge in [-0.05, 0) is 99.0 Å². The lowest BCUT2D eigenvalue weighted by Crippen LogP contribution is -2.52. The van der Waals surface area contributed by atoms with Crippen molar-refractivity contribution >= 4 is 40.2 Å². The van der Waals surface area contributed by atoms with Gasteiger partial charge in [0.15, 0.2) is 11.6 Å². The Kier molecular flexibility index (Phi) is 10.1. The van der Waals surface area contributed by atoms with Crippen molar-refractivity contribution < 1.29 is 46.2 Å². The van der Waals surface area contributed by atoms with Crippen LogP contribution in [0.5, 0.6) is 5.75 Å². The molecule has 0 saturated heterocycles. The highest BCUT2D eigenvalue weighted by molar-refractivity contribution is 6.04. The normalized spacial score (nSPS) is 12.7. The van der Waals surface area contributed by atoms with Crippen molar-refractivity contribution in [2.45, 2.75) is 52.6 Å². The summed E-state index contributed by atoms with van der Waals surface area (Å²) >= 11 is 0. The van der Waals surface area contributed by atoms with Crippen LogP contribution in [-0.2, 0) is 27.1 Å². The molecule has 2 N–H and O–H groups in total. The minimum absolute atomic E-state index is 0.0256. The van der Waals surface area contributed by atoms with Crippen LogP contribution in [0.25, 0.3) is 11.0 Å². The predicted octanol–water partition coefficient (Wildman–Crippen LogP) is 5.90. The molecule has 0 radical (unpaired) electrons. The first-order valence-electron chi connectivity index (χ1n) is 13.9. The molecule has 4 aromatic rings. The molecule has 1 aromatic heterocycles. The smallest absolute Gasteiger partial charge is 0.416 e. The van der Waals surface area contributed by atoms with Gasteiger partial charge in [0, 0.05) is 16.6 Å². The molecule has 3 aromatic carbocycles. The van der Waals surface area contributed by atoms with Crippen molar-refractivity contribution in [2.24, 2.45) is 0 Å². The Morgan fingerprint density at radius 1 is 0.870 bits per heavy atom. The van der Waals surface area contributed by atoms with Crippen molar-refractivity contribution in [1.29, 1.82) is 0 Å². The van der Waals surface area contributed by atoms with Gasteiger partial charge in [0.2, 0.25) is 5.75 Å². The number of ether oxygens (including phenoxy) is 2. The molecular formula is C33H29F3N2O8. The molecule has 0 fully saturated rings. The van der Waals surface area contributed by atoms with Crippen LogP contribution < -0.4 is 21.0 Å². The van der Waals surface area contributed by atoms with Gasteiger partial charge in [0.05, 0.1) is 12.2 Å². The van der Waals surface area contributed by atoms with Gasteiger partial charge >= 0.3 is 17.9 Å². The number of aryl methyl sites for hydroxylation is 2. The van der Waals surface area contributed by atoms with Gasteiger partial charge in [-0.15, -0.1) is 0 Å². The summed E-state index contributed by atoms with van der Waals surface area (Å²) in [6, 6.07) is 13.2. The van der Waals surface area contributed by atoms with E-state index in [1.54, 1.807) is 24.3 Å². The van der Waals surface area contributed by atoms with Crippen molar-refractivity contribution in [3.8, 4) is 5.75 Å². The number of hydrogen-bond acceptors (Lipinski definition) is 8. The fourth-order valence-corrected chi connectivity index (χ4v) is 4.41. The van der Waals surface area contributed by atoms with Crippen LogP contribution in [0.3, 0.4) is 0 Å². The molecule has 1 heterocycles. The van der Waals surface area contributed by atoms with Crippen LogP contribution >= 0.6 is 0 Å². The zero-order valence-electron chi connectivity index (χ0n) is 25.1. The third-order valence-corrected chi connectivity index (χ3v) is 7.05. The van der Waals surface area contributed by atoms with E-state index < -0.39 is 58.8 Å². The van der Waals surface area contributed by atoms with Crippen LogP contribution in [0, 0.1) is 13.8 Å². The number of halogens is 3. The lowest BCUT2D eigenvalue weighted by molar-refractivity contribution is -0.137. The van der Waals surface area contributed by atoms with E-state index in [-0.39, 0.29) is 12.2 Å². The Morgan fingerprint density at radius 3 is 2.09 bits per heavy atom. The van der Waals surface area contributed by atoms with E-state index in [1.807, 2.05) is 13.8 Å². The molecule has 0 saturated carbocycles. The average Bonchev–Trinajstić information content (AvgIpc) is 2.98. The number of anilines is 1. The van der Waals surface area contributed by atoms with Crippen LogP contribution in [-0.4, -0.2) is 35.7 Å². The molecule has 0 aliphatic heterocycles. The second-order valence-electron chi connectivity index (χ2n) is 10.6. The predicted molar refractivity (Wildman–Crippen MR) is 161 cm³/mol. The molecular weight excluding hydrogens is 609 g/mol. The lowest BCUT2D eigenvalue weighted by Gasteiger charge is -2.24. The number of nitrogens with one attached hydrogen (secondary N) is 2. The molecule has 0 spiro atoms. The summed E-state index contributed by atoms with van der Waals surface area (Å²) in [5.41, 5.74) is 1.24. The fraction of sp³-hybridized carbons (Fsp3) is 0.242. The number of fused-ring (bicyclic) bond motifs is 1. The first-order chi connectivity index (χ1) is 21.6. The molecule has 0 unspecified atom stereocenters. The first-order valence-corrected chi connectivity index (χ1v) is 13.9. The van der Waals surface area contributed by atoms with E-state index >= 15 is 0 Å². The summed E-state index contributed by atoms with van der Waals surface area (Å²) in [4.78, 5) is 62.5. The highest BCUT2D eigenvalue weighted by Crippen LogP contribution is 2.29. The number of Topliss-reactive ketones (excluding diaryl/α,β-unsaturated/α-hetero) is 2. The number of hydrogen-bond donors (Lipinski definition) is 2. The summed E-state index contributed by atoms with van der Waals surface area (Å²) in [5, 5.41) is 5.38. The first kappa shape index (κ1) is 33.6. The van der Waals surface area contributed by atoms with E-state index in [9.17, 15) is 37.1 Å². The van der Waals surface area contributed by atoms with Crippen molar-refractivity contribution in [3.05, 3.63) is 105 Å². The molecule has 46 heavy (non-hydrogen) atoms. The molecule has 240 valence electrons. The van der Waals surface area contributed by atoms with Gasteiger partial charge in [0.25, 0.3) is 5.91 Å². The minimum atomic E-state index is -4.52. The number of carbonyl (C=O) groups excluding carboxylic acids is 4. The number of amides is 2. The SMILES string of the molecule is CC(=O)[C@@H](NC(=O)Oc1cc2cc(C)c(C)cc2oc1=O)[C@H](OCc1ccc(NC(=O)c2ccc(C(F)(F)F)cc2)cc1)C(C)=O. The third-order valence-electron chi connectivity index (χ3n) is 7.05. The van der Waals surface area contributed by atoms with E-state index in [0.717, 1.165) is 42.3 Å². The largest absolute Gasteiger partial charge is 0.420 e. The quantitative estimate of drug-likeness (QED) is 0.205. The van der Waals surface area contributed by atoms with Crippen molar-refractivity contribution in [3.63, 3.8) is 0 Å². The molecule has 2 amide bonds. The number of carbonyl (C=O) groups is 4. The molecule has 4 rings (SSSR count). The van der Waals surface area contributed by atoms with E-state index in [2.05, 4.69) is 10.6 Å². The summed E-state index contributed by atoms with van der Waals surface area (Å²) in [6.07, 6.45) is -7.12. The van der Waals surface area contributed by atoms with Gasteiger partial charge < -0.3 is 24.5 Å². The Morgan fingerprint density at radius 2 is 1.50 bits per heavy atom. The van der Waals surface area contributed by atoms with E-state index in [1.165, 1.54) is 25.1 Å². The van der Waals surface area contributed by atoms with Crippen molar-refractivity contribution in [1.82, 2.24) is 5.32 Å². The Balaban J connectivity index is 1.39. The number of benzene rings is 3. The zero-order chi connectivity index (χ0) is 33.8. The van der Waals surface area contributed by atoms with Gasteiger partial charge in [-0.3, -0.25) is 14.4 Å². The molecule has 0 bridgehead atoms. The second-order valence-corrected chi connectivity index (χ2v) is 10.6. The fourth-order valence-electron chi connectivity index (χ4n) is 4.41. The summed E-state index contributed by atoms with van der Waals surface area (Å²) in [6.45, 7) is 5.87. The van der Waals surface area contributed by atoms with Crippen LogP contribution in [0.4, 0.5) is 23.7 Å². The highest BCUT2D eigenvalue weighted by atomic mass is 19.4. The molecule has 13 heteroatoms. The standard InChI is InChI=1S/C33H29F3N2O8/c1-17-13-23-15-27(31(42)45-26(23)14-18(17)2)46-32(43)38-28(19(3)39)29(20(4)40)44-16-21-5-11-25(12-6-21)37-30(41)22-7-9-24(10-8-22)33(34,35)36/h5-15,28-29H,16H2,1-4H3,(H,37,41)(H,38,43)/t28-,29-/m1/s1. The van der Waals surface area contributed by atoms with Crippen LogP contribution in [0.1, 0.15) is 46.5 Å². The maximum atomic E-state index is 12.8. The van der Waals surface area contributed by atoms with Crippen LogP contribution in [0.2, 0.25) is 0 Å². The summed E-state index contributed by atoms with van der Waals surface area (Å²) in [7, 11) is 0. The number of rotatable bonds is 10. The number of alkyl halides is 3. The lowest BCUT2D eigenvalue weighted by atomic mass is 10.0. The van der Waals surface area contributed by atoms with Gasteiger partial charge in [-0.25, -0.2) is 9.59 Å². The van der Waals surface area contributed by atoms with Gasteiger partial charge in [-0.2, -0.15) is 13.2 Å². The Hall–Kier alpha value is -5.30. The molecule has 10 nitrogen and oxygen atoms in total. The minimum Gasteiger partial charge on any atom is -0.420 e. The van der Waals surface area contributed by atoms with Crippen molar-refractivity contribution in [2.75, 3.05) is 5.32 Å². The second kappa shape index (κ2) is 13.8. The highest BCUT2D eigenvalue weighted by Gasteiger charge is 2.33. The molecule has 0 aliphatic rings. The Labute approximate surface area is 260 Å². The number of ketones is 2. The molecule has 2 atom stereocenters. The Bertz CT molecular complexity index is 1850. The monoisotopic (exact) mass is 638 g/mol. The summed E-state index contributed by atoms with van der Waals surface area (Å²) in [5.74, 6) is -2.23. The molecule has 0 aliphatic carbocycles. The van der Waals surface area contributed by atoms with E-state index in [0.29, 0.717) is 22.2 Å². The van der Waals surface area contributed by atoms with E-state index in [4.69, 9.17) is 13.9 Å². The van der Waals surface area contributed by atoms with Gasteiger partial charge in [-0.1, -0.05) is 12.1 Å². The summed E-state index contributed by atoms with van der Waals surface area (Å²) < 4.78 is 54.4. The zero-order valence-corrected chi connectivity index (χ0v) is 25.1. The maximum Gasteiger partial charge on any atom is 0.416 e. The average molecular weight is 639 g/mol. The van der Waals surface area contributed by atoms with Gasteiger partial charge in [0.1, 0.15) is 17.7 Å². The topological polar surface area (TPSA) is 141 Å².